The summed E-state index contributed by atoms with van der Waals surface area (Å²) in [7, 11) is 0. The van der Waals surface area contributed by atoms with E-state index in [2.05, 4.69) is 33.2 Å². The minimum Gasteiger partial charge on any atom is -0.352 e. The third-order valence-electron chi connectivity index (χ3n) is 3.32. The van der Waals surface area contributed by atoms with Gasteiger partial charge < -0.3 is 5.32 Å². The standard InChI is InChI=1S/C13H17BrN2O/c1-9-2-3-10(4-9)6-16-13(17)11-5-12(14)8-15-7-11/h5,7-10H,2-4,6H2,1H3,(H,16,17). The lowest BCUT2D eigenvalue weighted by Gasteiger charge is -2.11. The molecule has 1 aromatic rings. The van der Waals surface area contributed by atoms with Crippen LogP contribution in [0.4, 0.5) is 0 Å². The van der Waals surface area contributed by atoms with Crippen molar-refractivity contribution in [1.29, 1.82) is 0 Å². The lowest BCUT2D eigenvalue weighted by Crippen LogP contribution is -2.28. The van der Waals surface area contributed by atoms with Gasteiger partial charge in [-0.1, -0.05) is 13.3 Å². The average molecular weight is 297 g/mol. The van der Waals surface area contributed by atoms with Gasteiger partial charge in [-0.2, -0.15) is 0 Å². The Hall–Kier alpha value is -0.900. The van der Waals surface area contributed by atoms with Crippen molar-refractivity contribution >= 4 is 21.8 Å². The fourth-order valence-corrected chi connectivity index (χ4v) is 2.75. The molecule has 2 atom stereocenters. The quantitative estimate of drug-likeness (QED) is 0.932. The number of pyridine rings is 1. The van der Waals surface area contributed by atoms with E-state index in [0.717, 1.165) is 16.9 Å². The number of hydrogen-bond donors (Lipinski definition) is 1. The molecule has 0 aliphatic heterocycles. The van der Waals surface area contributed by atoms with Crippen molar-refractivity contribution in [1.82, 2.24) is 10.3 Å². The van der Waals surface area contributed by atoms with Crippen molar-refractivity contribution in [2.45, 2.75) is 26.2 Å². The molecule has 2 rings (SSSR count). The number of carbonyl (C=O) groups is 1. The van der Waals surface area contributed by atoms with E-state index in [4.69, 9.17) is 0 Å². The first kappa shape index (κ1) is 12.6. The fraction of sp³-hybridized carbons (Fsp3) is 0.538. The second kappa shape index (κ2) is 5.63. The lowest BCUT2D eigenvalue weighted by atomic mass is 10.1. The second-order valence-corrected chi connectivity index (χ2v) is 5.80. The SMILES string of the molecule is CC1CCC(CNC(=O)c2cncc(Br)c2)C1. The summed E-state index contributed by atoms with van der Waals surface area (Å²) in [5, 5.41) is 2.99. The highest BCUT2D eigenvalue weighted by Crippen LogP contribution is 2.29. The Labute approximate surface area is 110 Å². The first-order valence-electron chi connectivity index (χ1n) is 6.04. The van der Waals surface area contributed by atoms with Crippen LogP contribution < -0.4 is 5.32 Å². The van der Waals surface area contributed by atoms with Crippen molar-refractivity contribution < 1.29 is 4.79 Å². The minimum absolute atomic E-state index is 0.0293. The molecule has 0 bridgehead atoms. The minimum atomic E-state index is -0.0293. The maximum atomic E-state index is 11.9. The maximum Gasteiger partial charge on any atom is 0.252 e. The van der Waals surface area contributed by atoms with E-state index in [0.29, 0.717) is 11.5 Å². The first-order chi connectivity index (χ1) is 8.15. The molecule has 0 radical (unpaired) electrons. The molecule has 92 valence electrons. The number of aromatic nitrogens is 1. The van der Waals surface area contributed by atoms with Gasteiger partial charge >= 0.3 is 0 Å². The molecule has 1 heterocycles. The van der Waals surface area contributed by atoms with E-state index in [-0.39, 0.29) is 5.91 Å². The Morgan fingerprint density at radius 3 is 3.00 bits per heavy atom. The molecule has 1 N–H and O–H groups in total. The van der Waals surface area contributed by atoms with Gasteiger partial charge in [0, 0.05) is 23.4 Å². The summed E-state index contributed by atoms with van der Waals surface area (Å²) in [4.78, 5) is 15.9. The van der Waals surface area contributed by atoms with Crippen LogP contribution in [-0.2, 0) is 0 Å². The van der Waals surface area contributed by atoms with Crippen LogP contribution in [-0.4, -0.2) is 17.4 Å². The summed E-state index contributed by atoms with van der Waals surface area (Å²) < 4.78 is 0.833. The van der Waals surface area contributed by atoms with Crippen molar-refractivity contribution in [2.24, 2.45) is 11.8 Å². The summed E-state index contributed by atoms with van der Waals surface area (Å²) in [6, 6.07) is 1.79. The Morgan fingerprint density at radius 1 is 1.53 bits per heavy atom. The van der Waals surface area contributed by atoms with Gasteiger partial charge in [-0.25, -0.2) is 0 Å². The summed E-state index contributed by atoms with van der Waals surface area (Å²) in [6.07, 6.45) is 7.03. The predicted octanol–water partition coefficient (Wildman–Crippen LogP) is 3.01. The molecule has 1 saturated carbocycles. The van der Waals surface area contributed by atoms with Crippen LogP contribution in [0.15, 0.2) is 22.9 Å². The van der Waals surface area contributed by atoms with Gasteiger partial charge in [0.1, 0.15) is 0 Å². The Bertz CT molecular complexity index is 408. The van der Waals surface area contributed by atoms with E-state index in [1.165, 1.54) is 19.3 Å². The van der Waals surface area contributed by atoms with Crippen molar-refractivity contribution in [3.8, 4) is 0 Å². The van der Waals surface area contributed by atoms with E-state index in [1.54, 1.807) is 18.5 Å². The van der Waals surface area contributed by atoms with E-state index >= 15 is 0 Å². The van der Waals surface area contributed by atoms with Crippen LogP contribution in [0.25, 0.3) is 0 Å². The van der Waals surface area contributed by atoms with Crippen molar-refractivity contribution in [3.63, 3.8) is 0 Å². The number of nitrogens with one attached hydrogen (secondary N) is 1. The largest absolute Gasteiger partial charge is 0.352 e. The average Bonchev–Trinajstić information content (AvgIpc) is 2.72. The second-order valence-electron chi connectivity index (χ2n) is 4.89. The number of hydrogen-bond acceptors (Lipinski definition) is 2. The highest BCUT2D eigenvalue weighted by atomic mass is 79.9. The molecule has 1 aromatic heterocycles. The smallest absolute Gasteiger partial charge is 0.252 e. The highest BCUT2D eigenvalue weighted by Gasteiger charge is 2.21. The molecule has 1 aliphatic carbocycles. The molecule has 2 unspecified atom stereocenters. The van der Waals surface area contributed by atoms with E-state index < -0.39 is 0 Å². The molecule has 0 spiro atoms. The third-order valence-corrected chi connectivity index (χ3v) is 3.76. The molecule has 0 aromatic carbocycles. The zero-order valence-corrected chi connectivity index (χ0v) is 11.5. The van der Waals surface area contributed by atoms with Gasteiger partial charge in [0.15, 0.2) is 0 Å². The molecular formula is C13H17BrN2O. The van der Waals surface area contributed by atoms with Gasteiger partial charge in [-0.3, -0.25) is 9.78 Å². The van der Waals surface area contributed by atoms with E-state index in [9.17, 15) is 4.79 Å². The molecule has 0 saturated heterocycles. The van der Waals surface area contributed by atoms with Crippen molar-refractivity contribution in [2.75, 3.05) is 6.54 Å². The summed E-state index contributed by atoms with van der Waals surface area (Å²) in [5.74, 6) is 1.43. The molecule has 1 fully saturated rings. The van der Waals surface area contributed by atoms with Crippen LogP contribution in [0.1, 0.15) is 36.5 Å². The first-order valence-corrected chi connectivity index (χ1v) is 6.83. The number of amides is 1. The maximum absolute atomic E-state index is 11.9. The van der Waals surface area contributed by atoms with Gasteiger partial charge in [0.25, 0.3) is 5.91 Å². The van der Waals surface area contributed by atoms with Gasteiger partial charge in [-0.15, -0.1) is 0 Å². The van der Waals surface area contributed by atoms with Crippen molar-refractivity contribution in [3.05, 3.63) is 28.5 Å². The Morgan fingerprint density at radius 2 is 2.35 bits per heavy atom. The number of rotatable bonds is 3. The summed E-state index contributed by atoms with van der Waals surface area (Å²) in [5.41, 5.74) is 0.616. The summed E-state index contributed by atoms with van der Waals surface area (Å²) >= 11 is 3.31. The van der Waals surface area contributed by atoms with Crippen LogP contribution in [0, 0.1) is 11.8 Å². The topological polar surface area (TPSA) is 42.0 Å². The Kier molecular flexibility index (Phi) is 4.15. The molecule has 3 nitrogen and oxygen atoms in total. The van der Waals surface area contributed by atoms with Crippen LogP contribution in [0.3, 0.4) is 0 Å². The molecular weight excluding hydrogens is 280 g/mol. The van der Waals surface area contributed by atoms with Crippen LogP contribution in [0.5, 0.6) is 0 Å². The van der Waals surface area contributed by atoms with Gasteiger partial charge in [0.2, 0.25) is 0 Å². The molecule has 1 amide bonds. The zero-order valence-electron chi connectivity index (χ0n) is 9.95. The zero-order chi connectivity index (χ0) is 12.3. The third kappa shape index (κ3) is 3.53. The number of halogens is 1. The molecule has 17 heavy (non-hydrogen) atoms. The normalized spacial score (nSPS) is 23.6. The van der Waals surface area contributed by atoms with Crippen LogP contribution in [0.2, 0.25) is 0 Å². The van der Waals surface area contributed by atoms with Crippen LogP contribution >= 0.6 is 15.9 Å². The lowest BCUT2D eigenvalue weighted by molar-refractivity contribution is 0.0946. The number of nitrogens with zero attached hydrogens (tertiary/aromatic N) is 1. The number of carbonyl (C=O) groups excluding carboxylic acids is 1. The predicted molar refractivity (Wildman–Crippen MR) is 70.8 cm³/mol. The van der Waals surface area contributed by atoms with Gasteiger partial charge in [-0.05, 0) is 46.7 Å². The summed E-state index contributed by atoms with van der Waals surface area (Å²) in [6.45, 7) is 3.07. The molecule has 1 aliphatic rings. The van der Waals surface area contributed by atoms with E-state index in [1.807, 2.05) is 0 Å². The highest BCUT2D eigenvalue weighted by molar-refractivity contribution is 9.10. The monoisotopic (exact) mass is 296 g/mol. The Balaban J connectivity index is 1.85. The van der Waals surface area contributed by atoms with Gasteiger partial charge in [0.05, 0.1) is 5.56 Å². The fourth-order valence-electron chi connectivity index (χ4n) is 2.39. The molecule has 4 heteroatoms.